The van der Waals surface area contributed by atoms with Gasteiger partial charge in [0.1, 0.15) is 12.0 Å². The maximum absolute atomic E-state index is 6.26. The van der Waals surface area contributed by atoms with Gasteiger partial charge < -0.3 is 16.4 Å². The van der Waals surface area contributed by atoms with Crippen LogP contribution in [0.2, 0.25) is 5.02 Å². The smallest absolute Gasteiger partial charge is 0.159 e. The molecule has 1 heterocycles. The molecule has 3 aromatic rings. The summed E-state index contributed by atoms with van der Waals surface area (Å²) < 4.78 is 0. The zero-order valence-electron chi connectivity index (χ0n) is 14.4. The molecule has 25 heavy (non-hydrogen) atoms. The van der Waals surface area contributed by atoms with Crippen molar-refractivity contribution >= 4 is 40.3 Å². The van der Waals surface area contributed by atoms with Crippen molar-refractivity contribution in [1.29, 1.82) is 0 Å². The van der Waals surface area contributed by atoms with E-state index in [1.807, 2.05) is 37.3 Å². The van der Waals surface area contributed by atoms with Gasteiger partial charge in [0, 0.05) is 16.4 Å². The quantitative estimate of drug-likeness (QED) is 0.606. The molecule has 0 bridgehead atoms. The summed E-state index contributed by atoms with van der Waals surface area (Å²) in [5, 5.41) is 7.18. The average molecular weight is 354 g/mol. The first-order valence-electron chi connectivity index (χ1n) is 7.92. The van der Waals surface area contributed by atoms with Crippen LogP contribution >= 0.6 is 11.6 Å². The Labute approximate surface area is 152 Å². The minimum absolute atomic E-state index is 0.445. The minimum atomic E-state index is 0.445. The third kappa shape index (κ3) is 3.83. The summed E-state index contributed by atoms with van der Waals surface area (Å²) in [4.78, 5) is 8.51. The molecule has 5 nitrogen and oxygen atoms in total. The lowest BCUT2D eigenvalue weighted by Gasteiger charge is -2.14. The van der Waals surface area contributed by atoms with Crippen molar-refractivity contribution in [2.75, 3.05) is 16.4 Å². The van der Waals surface area contributed by atoms with E-state index >= 15 is 0 Å². The number of halogens is 1. The fourth-order valence-electron chi connectivity index (χ4n) is 2.65. The van der Waals surface area contributed by atoms with Crippen molar-refractivity contribution in [3.8, 4) is 0 Å². The molecular weight excluding hydrogens is 334 g/mol. The van der Waals surface area contributed by atoms with Crippen molar-refractivity contribution in [2.24, 2.45) is 0 Å². The van der Waals surface area contributed by atoms with E-state index in [1.165, 1.54) is 17.5 Å². The van der Waals surface area contributed by atoms with Crippen LogP contribution in [0, 0.1) is 20.8 Å². The van der Waals surface area contributed by atoms with E-state index in [4.69, 9.17) is 17.3 Å². The molecule has 0 radical (unpaired) electrons. The molecule has 128 valence electrons. The van der Waals surface area contributed by atoms with Gasteiger partial charge >= 0.3 is 0 Å². The summed E-state index contributed by atoms with van der Waals surface area (Å²) in [7, 11) is 0. The summed E-state index contributed by atoms with van der Waals surface area (Å²) in [5.74, 6) is 1.09. The highest BCUT2D eigenvalue weighted by atomic mass is 35.5. The first-order valence-corrected chi connectivity index (χ1v) is 8.30. The van der Waals surface area contributed by atoms with Crippen molar-refractivity contribution in [3.05, 3.63) is 64.4 Å². The lowest BCUT2D eigenvalue weighted by molar-refractivity contribution is 1.17. The molecule has 0 aliphatic carbocycles. The largest absolute Gasteiger partial charge is 0.393 e. The normalized spacial score (nSPS) is 10.6. The van der Waals surface area contributed by atoms with Crippen molar-refractivity contribution in [2.45, 2.75) is 20.8 Å². The lowest BCUT2D eigenvalue weighted by atomic mass is 10.1. The number of benzene rings is 2. The van der Waals surface area contributed by atoms with E-state index in [2.05, 4.69) is 40.5 Å². The van der Waals surface area contributed by atoms with E-state index in [1.54, 1.807) is 0 Å². The second-order valence-electron chi connectivity index (χ2n) is 6.02. The van der Waals surface area contributed by atoms with E-state index in [-0.39, 0.29) is 0 Å². The molecule has 0 amide bonds. The summed E-state index contributed by atoms with van der Waals surface area (Å²) in [6.45, 7) is 6.05. The topological polar surface area (TPSA) is 75.9 Å². The Morgan fingerprint density at radius 2 is 1.56 bits per heavy atom. The van der Waals surface area contributed by atoms with Gasteiger partial charge in [-0.15, -0.1) is 0 Å². The Kier molecular flexibility index (Phi) is 4.76. The van der Waals surface area contributed by atoms with Crippen LogP contribution in [-0.4, -0.2) is 9.97 Å². The third-order valence-corrected chi connectivity index (χ3v) is 4.30. The van der Waals surface area contributed by atoms with Gasteiger partial charge in [-0.3, -0.25) is 0 Å². The van der Waals surface area contributed by atoms with Gasteiger partial charge in [0.2, 0.25) is 0 Å². The Morgan fingerprint density at radius 3 is 2.24 bits per heavy atom. The highest BCUT2D eigenvalue weighted by Crippen LogP contribution is 2.31. The number of rotatable bonds is 4. The van der Waals surface area contributed by atoms with Crippen molar-refractivity contribution in [1.82, 2.24) is 9.97 Å². The Bertz CT molecular complexity index is 903. The van der Waals surface area contributed by atoms with Crippen molar-refractivity contribution < 1.29 is 0 Å². The fraction of sp³-hybridized carbons (Fsp3) is 0.158. The fourth-order valence-corrected chi connectivity index (χ4v) is 2.82. The molecular formula is C19H20ClN5. The van der Waals surface area contributed by atoms with Gasteiger partial charge in [-0.1, -0.05) is 23.7 Å². The zero-order valence-corrected chi connectivity index (χ0v) is 15.1. The van der Waals surface area contributed by atoms with Crippen LogP contribution < -0.4 is 16.4 Å². The molecule has 0 aliphatic heterocycles. The van der Waals surface area contributed by atoms with Crippen LogP contribution in [0.5, 0.6) is 0 Å². The molecule has 6 heteroatoms. The zero-order chi connectivity index (χ0) is 18.0. The summed E-state index contributed by atoms with van der Waals surface area (Å²) in [5.41, 5.74) is 11.8. The van der Waals surface area contributed by atoms with Crippen LogP contribution in [0.1, 0.15) is 16.7 Å². The number of nitrogens with zero attached hydrogens (tertiary/aromatic N) is 2. The predicted molar refractivity (Wildman–Crippen MR) is 105 cm³/mol. The Morgan fingerprint density at radius 1 is 0.920 bits per heavy atom. The summed E-state index contributed by atoms with van der Waals surface area (Å²) in [6, 6.07) is 11.9. The van der Waals surface area contributed by atoms with E-state index in [0.29, 0.717) is 22.3 Å². The number of hydrogen-bond donors (Lipinski definition) is 3. The highest BCUT2D eigenvalue weighted by Gasteiger charge is 2.11. The van der Waals surface area contributed by atoms with Gasteiger partial charge in [0.15, 0.2) is 11.6 Å². The molecule has 0 unspecified atom stereocenters. The van der Waals surface area contributed by atoms with E-state index in [9.17, 15) is 0 Å². The number of nitrogens with one attached hydrogen (secondary N) is 2. The molecule has 0 saturated heterocycles. The predicted octanol–water partition coefficient (Wildman–Crippen LogP) is 5.12. The third-order valence-electron chi connectivity index (χ3n) is 3.89. The molecule has 4 N–H and O–H groups in total. The van der Waals surface area contributed by atoms with Gasteiger partial charge in [-0.25, -0.2) is 9.97 Å². The van der Waals surface area contributed by atoms with Crippen LogP contribution in [0.4, 0.5) is 28.7 Å². The number of aromatic nitrogens is 2. The van der Waals surface area contributed by atoms with Crippen molar-refractivity contribution in [3.63, 3.8) is 0 Å². The molecule has 0 saturated carbocycles. The second-order valence-corrected chi connectivity index (χ2v) is 6.43. The van der Waals surface area contributed by atoms with Crippen LogP contribution in [0.25, 0.3) is 0 Å². The maximum atomic E-state index is 6.26. The van der Waals surface area contributed by atoms with Gasteiger partial charge in [-0.05, 0) is 61.7 Å². The standard InChI is InChI=1S/C19H20ClN5/c1-11-7-12(2)9-14(8-11)24-18-17(21)19(23-10-22-18)25-16-6-4-5-15(20)13(16)3/h4-10H,21H2,1-3H3,(H2,22,23,24,25). The van der Waals surface area contributed by atoms with Crippen LogP contribution in [-0.2, 0) is 0 Å². The molecule has 0 fully saturated rings. The first-order chi connectivity index (χ1) is 11.9. The number of nitrogens with two attached hydrogens (primary N) is 1. The monoisotopic (exact) mass is 353 g/mol. The average Bonchev–Trinajstić information content (AvgIpc) is 2.54. The minimum Gasteiger partial charge on any atom is -0.393 e. The molecule has 0 atom stereocenters. The highest BCUT2D eigenvalue weighted by molar-refractivity contribution is 6.31. The number of hydrogen-bond acceptors (Lipinski definition) is 5. The molecule has 2 aromatic carbocycles. The molecule has 1 aromatic heterocycles. The summed E-state index contributed by atoms with van der Waals surface area (Å²) in [6.07, 6.45) is 1.48. The van der Waals surface area contributed by atoms with E-state index in [0.717, 1.165) is 16.9 Å². The Hall–Kier alpha value is -2.79. The Balaban J connectivity index is 1.91. The van der Waals surface area contributed by atoms with Crippen LogP contribution in [0.3, 0.4) is 0 Å². The molecule has 3 rings (SSSR count). The SMILES string of the molecule is Cc1cc(C)cc(Nc2ncnc(Nc3cccc(Cl)c3C)c2N)c1. The van der Waals surface area contributed by atoms with E-state index < -0.39 is 0 Å². The summed E-state index contributed by atoms with van der Waals surface area (Å²) >= 11 is 6.17. The van der Waals surface area contributed by atoms with Gasteiger partial charge in [0.25, 0.3) is 0 Å². The molecule has 0 aliphatic rings. The number of aryl methyl sites for hydroxylation is 2. The van der Waals surface area contributed by atoms with Crippen LogP contribution in [0.15, 0.2) is 42.7 Å². The van der Waals surface area contributed by atoms with Gasteiger partial charge in [-0.2, -0.15) is 0 Å². The number of anilines is 5. The maximum Gasteiger partial charge on any atom is 0.159 e. The number of nitrogen functional groups attached to an aromatic ring is 1. The lowest BCUT2D eigenvalue weighted by Crippen LogP contribution is -2.06. The second kappa shape index (κ2) is 6.99. The first kappa shape index (κ1) is 17.0. The van der Waals surface area contributed by atoms with Gasteiger partial charge in [0.05, 0.1) is 0 Å². The molecule has 0 spiro atoms.